The van der Waals surface area contributed by atoms with Crippen molar-refractivity contribution >= 4 is 60.3 Å². The lowest BCUT2D eigenvalue weighted by atomic mass is 9.42. The largest absolute Gasteiger partial charge is 0.310 e. The van der Waals surface area contributed by atoms with Crippen LogP contribution in [0.4, 0.5) is 17.1 Å². The second-order valence-electron chi connectivity index (χ2n) is 19.6. The summed E-state index contributed by atoms with van der Waals surface area (Å²) in [7, 11) is 0. The number of thiophene rings is 1. The van der Waals surface area contributed by atoms with Crippen molar-refractivity contribution < 1.29 is 0 Å². The van der Waals surface area contributed by atoms with Crippen LogP contribution in [0.1, 0.15) is 94.9 Å². The third-order valence-corrected chi connectivity index (χ3v) is 18.0. The van der Waals surface area contributed by atoms with Crippen molar-refractivity contribution in [3.63, 3.8) is 0 Å². The topological polar surface area (TPSA) is 3.24 Å². The number of hydrogen-bond acceptors (Lipinski definition) is 3. The minimum Gasteiger partial charge on any atom is -0.310 e. The molecular formula is C54H51NS2. The molecular weight excluding hydrogens is 727 g/mol. The van der Waals surface area contributed by atoms with Crippen LogP contribution in [0.2, 0.25) is 0 Å². The maximum atomic E-state index is 2.53. The molecule has 0 radical (unpaired) electrons. The normalized spacial score (nSPS) is 26.0. The summed E-state index contributed by atoms with van der Waals surface area (Å²) in [4.78, 5) is 5.51. The van der Waals surface area contributed by atoms with E-state index in [4.69, 9.17) is 0 Å². The summed E-state index contributed by atoms with van der Waals surface area (Å²) in [5, 5.41) is 2.67. The highest BCUT2D eigenvalue weighted by atomic mass is 32.2. The first-order valence-corrected chi connectivity index (χ1v) is 23.2. The zero-order valence-corrected chi connectivity index (χ0v) is 35.3. The molecule has 2 heterocycles. The zero-order chi connectivity index (χ0) is 38.3. The highest BCUT2D eigenvalue weighted by molar-refractivity contribution is 7.99. The quantitative estimate of drug-likeness (QED) is 0.175. The molecule has 7 aromatic rings. The van der Waals surface area contributed by atoms with Crippen LogP contribution < -0.4 is 4.90 Å². The second kappa shape index (κ2) is 12.4. The highest BCUT2D eigenvalue weighted by Crippen LogP contribution is 2.69. The van der Waals surface area contributed by atoms with Gasteiger partial charge in [0.2, 0.25) is 0 Å². The van der Waals surface area contributed by atoms with Crippen molar-refractivity contribution in [2.24, 2.45) is 23.7 Å². The van der Waals surface area contributed by atoms with E-state index in [0.29, 0.717) is 0 Å². The standard InChI is InChI=1S/C54H51NS2/c1-52(2)24-25-53(3,4)47-32-40(20-22-44(47)52)55(39-21-23-49-43(31-39)42-10-5-7-14-48(42)56-49)38-18-16-35(17-19-38)41-11-9-13-46-51(41)57-50-15-8-6-12-45(50)54(46)36-27-33-26-34(29-36)30-37(54)28-33/h5-23,31-34,36-37H,24-30H2,1-4H3. The van der Waals surface area contributed by atoms with E-state index in [2.05, 4.69) is 160 Å². The van der Waals surface area contributed by atoms with Crippen LogP contribution in [0.5, 0.6) is 0 Å². The van der Waals surface area contributed by atoms with Gasteiger partial charge in [-0.25, -0.2) is 0 Å². The summed E-state index contributed by atoms with van der Waals surface area (Å²) in [5.41, 5.74) is 13.0. The lowest BCUT2D eigenvalue weighted by molar-refractivity contribution is -0.0443. The maximum Gasteiger partial charge on any atom is 0.0468 e. The molecule has 5 aliphatic carbocycles. The minimum atomic E-state index is 0.126. The number of hydrogen-bond donors (Lipinski definition) is 0. The van der Waals surface area contributed by atoms with Crippen molar-refractivity contribution in [1.29, 1.82) is 0 Å². The molecule has 1 aromatic heterocycles. The number of rotatable bonds is 4. The molecule has 57 heavy (non-hydrogen) atoms. The molecule has 1 nitrogen and oxygen atoms in total. The molecule has 0 amide bonds. The van der Waals surface area contributed by atoms with Gasteiger partial charge in [0.1, 0.15) is 0 Å². The van der Waals surface area contributed by atoms with Gasteiger partial charge < -0.3 is 4.90 Å². The molecule has 0 N–H and O–H groups in total. The van der Waals surface area contributed by atoms with Crippen molar-refractivity contribution in [3.05, 3.63) is 150 Å². The van der Waals surface area contributed by atoms with E-state index in [0.717, 1.165) is 23.7 Å². The monoisotopic (exact) mass is 777 g/mol. The fraction of sp³-hybridized carbons (Fsp3) is 0.333. The van der Waals surface area contributed by atoms with Crippen LogP contribution in [0.3, 0.4) is 0 Å². The zero-order valence-electron chi connectivity index (χ0n) is 33.6. The summed E-state index contributed by atoms with van der Waals surface area (Å²) in [5.74, 6) is 3.39. The fourth-order valence-electron chi connectivity index (χ4n) is 13.0. The van der Waals surface area contributed by atoms with Crippen molar-refractivity contribution in [1.82, 2.24) is 0 Å². The van der Waals surface area contributed by atoms with E-state index in [1.807, 2.05) is 23.1 Å². The fourth-order valence-corrected chi connectivity index (χ4v) is 15.4. The Morgan fingerprint density at radius 2 is 1.14 bits per heavy atom. The number of nitrogens with zero attached hydrogens (tertiary/aromatic N) is 1. The molecule has 0 atom stereocenters. The van der Waals surface area contributed by atoms with Gasteiger partial charge in [0, 0.05) is 52.4 Å². The smallest absolute Gasteiger partial charge is 0.0468 e. The van der Waals surface area contributed by atoms with Gasteiger partial charge >= 0.3 is 0 Å². The molecule has 1 spiro atoms. The van der Waals surface area contributed by atoms with Gasteiger partial charge in [0.15, 0.2) is 0 Å². The summed E-state index contributed by atoms with van der Waals surface area (Å²) < 4.78 is 2.69. The Kier molecular flexibility index (Phi) is 7.52. The second-order valence-corrected chi connectivity index (χ2v) is 21.7. The SMILES string of the molecule is CC1(C)CCC(C)(C)c2cc(N(c3ccc(-c4cccc5c4Sc4ccccc4C54C5CC6CC(C5)CC4C6)cc3)c3ccc4sc5ccccc5c4c3)ccc21. The maximum absolute atomic E-state index is 2.53. The summed E-state index contributed by atoms with van der Waals surface area (Å²) in [6.45, 7) is 9.74. The van der Waals surface area contributed by atoms with Crippen LogP contribution in [0.15, 0.2) is 137 Å². The third kappa shape index (κ3) is 5.07. The Balaban J connectivity index is 0.999. The van der Waals surface area contributed by atoms with Crippen molar-refractivity contribution in [2.75, 3.05) is 4.90 Å². The summed E-state index contributed by atoms with van der Waals surface area (Å²) >= 11 is 3.93. The molecule has 3 heteroatoms. The van der Waals surface area contributed by atoms with Gasteiger partial charge in [0.25, 0.3) is 0 Å². The lowest BCUT2D eigenvalue weighted by Crippen LogP contribution is -2.57. The average molecular weight is 778 g/mol. The van der Waals surface area contributed by atoms with Gasteiger partial charge in [-0.1, -0.05) is 112 Å². The Morgan fingerprint density at radius 1 is 0.509 bits per heavy atom. The molecule has 4 saturated carbocycles. The summed E-state index contributed by atoms with van der Waals surface area (Å²) in [6.07, 6.45) is 9.53. The third-order valence-electron chi connectivity index (χ3n) is 15.6. The first kappa shape index (κ1) is 34.7. The predicted octanol–water partition coefficient (Wildman–Crippen LogP) is 15.7. The Morgan fingerprint density at radius 3 is 1.93 bits per heavy atom. The molecule has 0 unspecified atom stereocenters. The first-order chi connectivity index (χ1) is 27.7. The van der Waals surface area contributed by atoms with Crippen LogP contribution >= 0.6 is 23.1 Å². The highest BCUT2D eigenvalue weighted by Gasteiger charge is 2.60. The van der Waals surface area contributed by atoms with Gasteiger partial charge in [-0.2, -0.15) is 0 Å². The van der Waals surface area contributed by atoms with Gasteiger partial charge in [0.05, 0.1) is 0 Å². The van der Waals surface area contributed by atoms with Crippen LogP contribution in [0.25, 0.3) is 31.3 Å². The van der Waals surface area contributed by atoms with Crippen molar-refractivity contribution in [2.45, 2.75) is 98.7 Å². The van der Waals surface area contributed by atoms with Gasteiger partial charge in [-0.3, -0.25) is 0 Å². The van der Waals surface area contributed by atoms with Gasteiger partial charge in [-0.05, 0) is 167 Å². The average Bonchev–Trinajstić information content (AvgIpc) is 3.59. The van der Waals surface area contributed by atoms with E-state index in [1.54, 1.807) is 11.1 Å². The number of fused-ring (bicyclic) bond motifs is 6. The van der Waals surface area contributed by atoms with Crippen LogP contribution in [0, 0.1) is 23.7 Å². The van der Waals surface area contributed by atoms with Crippen LogP contribution in [-0.4, -0.2) is 0 Å². The molecule has 4 bridgehead atoms. The number of anilines is 3. The van der Waals surface area contributed by atoms with Crippen molar-refractivity contribution in [3.8, 4) is 11.1 Å². The molecule has 284 valence electrons. The van der Waals surface area contributed by atoms with E-state index in [9.17, 15) is 0 Å². The Bertz CT molecular complexity index is 2720. The molecule has 4 fully saturated rings. The van der Waals surface area contributed by atoms with E-state index >= 15 is 0 Å². The number of benzene rings is 6. The predicted molar refractivity (Wildman–Crippen MR) is 243 cm³/mol. The lowest BCUT2D eigenvalue weighted by Gasteiger charge is -2.63. The van der Waals surface area contributed by atoms with E-state index in [-0.39, 0.29) is 16.2 Å². The molecule has 13 rings (SSSR count). The molecule has 0 saturated heterocycles. The van der Waals surface area contributed by atoms with Crippen LogP contribution in [-0.2, 0) is 16.2 Å². The molecule has 1 aliphatic heterocycles. The Labute approximate surface area is 346 Å². The van der Waals surface area contributed by atoms with E-state index < -0.39 is 0 Å². The summed E-state index contributed by atoms with van der Waals surface area (Å²) in [6, 6.07) is 49.8. The Hall–Kier alpha value is -4.31. The first-order valence-electron chi connectivity index (χ1n) is 21.6. The molecule has 6 aliphatic rings. The molecule has 6 aromatic carbocycles. The van der Waals surface area contributed by atoms with E-state index in [1.165, 1.54) is 114 Å². The van der Waals surface area contributed by atoms with Gasteiger partial charge in [-0.15, -0.1) is 11.3 Å². The minimum absolute atomic E-state index is 0.126.